The molecule has 2 N–H and O–H groups in total. The van der Waals surface area contributed by atoms with E-state index in [1.54, 1.807) is 6.07 Å². The zero-order valence-electron chi connectivity index (χ0n) is 15.3. The lowest BCUT2D eigenvalue weighted by molar-refractivity contribution is -0.117. The first-order valence-electron chi connectivity index (χ1n) is 9.42. The van der Waals surface area contributed by atoms with Gasteiger partial charge in [-0.2, -0.15) is 0 Å². The van der Waals surface area contributed by atoms with Crippen LogP contribution in [0.4, 0.5) is 11.4 Å². The number of hydrogen-bond donors (Lipinski definition) is 2. The number of hydrogen-bond acceptors (Lipinski definition) is 2. The fourth-order valence-corrected chi connectivity index (χ4v) is 2.86. The smallest absolute Gasteiger partial charge is 0.228 e. The molecule has 2 aromatic carbocycles. The maximum atomic E-state index is 12.3. The van der Waals surface area contributed by atoms with Gasteiger partial charge in [-0.3, -0.25) is 9.59 Å². The van der Waals surface area contributed by atoms with Gasteiger partial charge in [-0.05, 0) is 55.0 Å². The highest BCUT2D eigenvalue weighted by molar-refractivity contribution is 5.96. The highest BCUT2D eigenvalue weighted by Gasteiger charge is 2.29. The summed E-state index contributed by atoms with van der Waals surface area (Å²) in [5.41, 5.74) is 3.74. The maximum absolute atomic E-state index is 12.3. The van der Waals surface area contributed by atoms with E-state index in [9.17, 15) is 9.59 Å². The van der Waals surface area contributed by atoms with Crippen LogP contribution in [0.1, 0.15) is 43.7 Å². The number of carbonyl (C=O) groups is 2. The highest BCUT2D eigenvalue weighted by Crippen LogP contribution is 2.30. The van der Waals surface area contributed by atoms with Gasteiger partial charge in [-0.25, -0.2) is 0 Å². The zero-order chi connectivity index (χ0) is 18.4. The molecule has 0 atom stereocenters. The van der Waals surface area contributed by atoms with E-state index in [1.807, 2.05) is 30.3 Å². The molecule has 136 valence electrons. The number of unbranched alkanes of at least 4 members (excludes halogenated alkanes) is 1. The summed E-state index contributed by atoms with van der Waals surface area (Å²) in [4.78, 5) is 24.1. The molecule has 0 radical (unpaired) electrons. The van der Waals surface area contributed by atoms with Crippen LogP contribution < -0.4 is 10.6 Å². The third-order valence-electron chi connectivity index (χ3n) is 4.57. The molecule has 1 aliphatic carbocycles. The van der Waals surface area contributed by atoms with Crippen LogP contribution in [0.5, 0.6) is 0 Å². The summed E-state index contributed by atoms with van der Waals surface area (Å²) in [6.07, 6.45) is 5.74. The van der Waals surface area contributed by atoms with Gasteiger partial charge >= 0.3 is 0 Å². The number of benzene rings is 2. The Morgan fingerprint density at radius 2 is 1.62 bits per heavy atom. The highest BCUT2D eigenvalue weighted by atomic mass is 16.2. The molecule has 2 amide bonds. The van der Waals surface area contributed by atoms with Crippen molar-refractivity contribution in [3.05, 3.63) is 59.7 Å². The Bertz CT molecular complexity index is 764. The van der Waals surface area contributed by atoms with Gasteiger partial charge in [0.25, 0.3) is 0 Å². The zero-order valence-corrected chi connectivity index (χ0v) is 15.3. The fraction of sp³-hybridized carbons (Fsp3) is 0.364. The lowest BCUT2D eigenvalue weighted by atomic mass is 10.0. The normalized spacial score (nSPS) is 13.3. The fourth-order valence-electron chi connectivity index (χ4n) is 2.86. The Labute approximate surface area is 155 Å². The van der Waals surface area contributed by atoms with Gasteiger partial charge in [0, 0.05) is 17.3 Å². The van der Waals surface area contributed by atoms with E-state index in [2.05, 4.69) is 29.7 Å². The molecule has 3 rings (SSSR count). The SMILES string of the molecule is CCCCc1ccc(CC(=O)Nc2cccc(NC(=O)C3CC3)c2)cc1. The standard InChI is InChI=1S/C22H26N2O2/c1-2-3-5-16-8-10-17(11-9-16)14-21(25)23-19-6-4-7-20(15-19)24-22(26)18-12-13-18/h4,6-11,15,18H,2-3,5,12-14H2,1H3,(H,23,25)(H,24,26). The van der Waals surface area contributed by atoms with E-state index in [4.69, 9.17) is 0 Å². The van der Waals surface area contributed by atoms with Crippen LogP contribution in [0.25, 0.3) is 0 Å². The molecule has 0 spiro atoms. The third-order valence-corrected chi connectivity index (χ3v) is 4.57. The molecule has 4 heteroatoms. The molecule has 1 fully saturated rings. The number of nitrogens with one attached hydrogen (secondary N) is 2. The number of carbonyl (C=O) groups excluding carboxylic acids is 2. The second kappa shape index (κ2) is 8.65. The van der Waals surface area contributed by atoms with Gasteiger partial charge in [-0.15, -0.1) is 0 Å². The average Bonchev–Trinajstić information content (AvgIpc) is 3.46. The van der Waals surface area contributed by atoms with Crippen molar-refractivity contribution in [2.75, 3.05) is 10.6 Å². The van der Waals surface area contributed by atoms with Crippen LogP contribution in [0.2, 0.25) is 0 Å². The minimum atomic E-state index is -0.0584. The molecule has 0 aliphatic heterocycles. The second-order valence-electron chi connectivity index (χ2n) is 6.99. The molecular formula is C22H26N2O2. The van der Waals surface area contributed by atoms with Crippen LogP contribution in [0.15, 0.2) is 48.5 Å². The maximum Gasteiger partial charge on any atom is 0.228 e. The van der Waals surface area contributed by atoms with Gasteiger partial charge in [0.1, 0.15) is 0 Å². The van der Waals surface area contributed by atoms with Crippen molar-refractivity contribution in [3.63, 3.8) is 0 Å². The molecule has 4 nitrogen and oxygen atoms in total. The number of anilines is 2. The van der Waals surface area contributed by atoms with Gasteiger partial charge in [-0.1, -0.05) is 43.7 Å². The number of aryl methyl sites for hydroxylation is 1. The van der Waals surface area contributed by atoms with E-state index >= 15 is 0 Å². The van der Waals surface area contributed by atoms with Crippen LogP contribution >= 0.6 is 0 Å². The predicted octanol–water partition coefficient (Wildman–Crippen LogP) is 4.56. The minimum Gasteiger partial charge on any atom is -0.326 e. The lowest BCUT2D eigenvalue weighted by Gasteiger charge is -2.09. The monoisotopic (exact) mass is 350 g/mol. The molecular weight excluding hydrogens is 324 g/mol. The van der Waals surface area contributed by atoms with E-state index in [1.165, 1.54) is 18.4 Å². The topological polar surface area (TPSA) is 58.2 Å². The molecule has 0 bridgehead atoms. The Morgan fingerprint density at radius 1 is 0.962 bits per heavy atom. The molecule has 0 unspecified atom stereocenters. The molecule has 0 heterocycles. The van der Waals surface area contributed by atoms with Gasteiger partial charge in [0.05, 0.1) is 6.42 Å². The summed E-state index contributed by atoms with van der Waals surface area (Å²) in [6.45, 7) is 2.19. The quantitative estimate of drug-likeness (QED) is 0.733. The Morgan fingerprint density at radius 3 is 2.27 bits per heavy atom. The molecule has 26 heavy (non-hydrogen) atoms. The molecule has 1 saturated carbocycles. The van der Waals surface area contributed by atoms with E-state index in [0.717, 1.165) is 30.5 Å². The molecule has 1 aliphatic rings. The first-order valence-corrected chi connectivity index (χ1v) is 9.42. The van der Waals surface area contributed by atoms with Crippen molar-refractivity contribution in [2.45, 2.75) is 45.4 Å². The molecule has 0 saturated heterocycles. The summed E-state index contributed by atoms with van der Waals surface area (Å²) in [5, 5.41) is 5.81. The first kappa shape index (κ1) is 18.2. The summed E-state index contributed by atoms with van der Waals surface area (Å²) in [6, 6.07) is 15.6. The van der Waals surface area contributed by atoms with Crippen molar-refractivity contribution in [3.8, 4) is 0 Å². The van der Waals surface area contributed by atoms with Crippen LogP contribution in [0, 0.1) is 5.92 Å². The van der Waals surface area contributed by atoms with Crippen molar-refractivity contribution < 1.29 is 9.59 Å². The van der Waals surface area contributed by atoms with Crippen LogP contribution in [0.3, 0.4) is 0 Å². The lowest BCUT2D eigenvalue weighted by Crippen LogP contribution is -2.16. The second-order valence-corrected chi connectivity index (χ2v) is 6.99. The van der Waals surface area contributed by atoms with Gasteiger partial charge in [0.15, 0.2) is 0 Å². The molecule has 2 aromatic rings. The Balaban J connectivity index is 1.53. The van der Waals surface area contributed by atoms with E-state index < -0.39 is 0 Å². The first-order chi connectivity index (χ1) is 12.6. The Kier molecular flexibility index (Phi) is 6.05. The van der Waals surface area contributed by atoms with E-state index in [-0.39, 0.29) is 17.7 Å². The van der Waals surface area contributed by atoms with Gasteiger partial charge in [0.2, 0.25) is 11.8 Å². The van der Waals surface area contributed by atoms with Crippen molar-refractivity contribution in [1.82, 2.24) is 0 Å². The predicted molar refractivity (Wildman–Crippen MR) is 105 cm³/mol. The third kappa shape index (κ3) is 5.45. The average molecular weight is 350 g/mol. The Hall–Kier alpha value is -2.62. The number of amides is 2. The largest absolute Gasteiger partial charge is 0.326 e. The van der Waals surface area contributed by atoms with Crippen molar-refractivity contribution in [2.24, 2.45) is 5.92 Å². The van der Waals surface area contributed by atoms with Crippen LogP contribution in [-0.4, -0.2) is 11.8 Å². The summed E-state index contributed by atoms with van der Waals surface area (Å²) < 4.78 is 0. The van der Waals surface area contributed by atoms with Crippen molar-refractivity contribution in [1.29, 1.82) is 0 Å². The van der Waals surface area contributed by atoms with Gasteiger partial charge < -0.3 is 10.6 Å². The van der Waals surface area contributed by atoms with E-state index in [0.29, 0.717) is 12.1 Å². The minimum absolute atomic E-state index is 0.0584. The summed E-state index contributed by atoms with van der Waals surface area (Å²) >= 11 is 0. The van der Waals surface area contributed by atoms with Crippen molar-refractivity contribution >= 4 is 23.2 Å². The summed E-state index contributed by atoms with van der Waals surface area (Å²) in [5.74, 6) is 0.169. The van der Waals surface area contributed by atoms with Crippen LogP contribution in [-0.2, 0) is 22.4 Å². The summed E-state index contributed by atoms with van der Waals surface area (Å²) in [7, 11) is 0. The molecule has 0 aromatic heterocycles. The number of rotatable bonds is 8.